The highest BCUT2D eigenvalue weighted by atomic mass is 19.4. The topological polar surface area (TPSA) is 214 Å². The maximum Gasteiger partial charge on any atom is 0.415 e. The lowest BCUT2D eigenvalue weighted by Crippen LogP contribution is -2.34. The van der Waals surface area contributed by atoms with Crippen molar-refractivity contribution < 1.29 is 106 Å². The van der Waals surface area contributed by atoms with Crippen LogP contribution in [0.1, 0.15) is 79.1 Å². The zero-order chi connectivity index (χ0) is 63.7. The van der Waals surface area contributed by atoms with Crippen LogP contribution in [0.25, 0.3) is 19.4 Å². The number of hydrogen-bond acceptors (Lipinski definition) is 12. The van der Waals surface area contributed by atoms with Crippen LogP contribution in [0, 0.1) is 59.8 Å². The number of carbonyl (C=O) groups is 1. The largest absolute Gasteiger partial charge is 0.444 e. The number of amides is 1. The lowest BCUT2D eigenvalue weighted by atomic mass is 10.0. The summed E-state index contributed by atoms with van der Waals surface area (Å²) in [6.07, 6.45) is -20.2. The minimum Gasteiger partial charge on any atom is -0.444 e. The molecule has 1 saturated heterocycles. The summed E-state index contributed by atoms with van der Waals surface area (Å²) in [5.41, 5.74) is -6.00. The molecule has 4 aromatic rings. The number of aliphatic hydroxyl groups excluding tert-OH is 2. The molecule has 0 radical (unpaired) electrons. The molecule has 5 atom stereocenters. The molecule has 0 aromatic heterocycles. The van der Waals surface area contributed by atoms with Gasteiger partial charge in [0.15, 0.2) is 22.7 Å². The number of alkyl halides is 12. The van der Waals surface area contributed by atoms with Gasteiger partial charge in [0.25, 0.3) is 0 Å². The Morgan fingerprint density at radius 1 is 0.568 bits per heavy atom. The van der Waals surface area contributed by atoms with Crippen LogP contribution in [-0.4, -0.2) is 71.7 Å². The van der Waals surface area contributed by atoms with Gasteiger partial charge in [-0.3, -0.25) is 4.90 Å². The van der Waals surface area contributed by atoms with Crippen molar-refractivity contribution in [2.75, 3.05) is 22.1 Å². The molecular formula is C51H46F13N7O10. The third kappa shape index (κ3) is 21.9. The smallest absolute Gasteiger partial charge is 0.415 e. The van der Waals surface area contributed by atoms with Crippen molar-refractivity contribution in [1.29, 1.82) is 0 Å². The Hall–Kier alpha value is -9.14. The molecule has 4 N–H and O–H groups in total. The third-order valence-corrected chi connectivity index (χ3v) is 10.8. The number of hydrogen-bond donors (Lipinski definition) is 4. The number of nitrogens with one attached hydrogen (secondary N) is 2. The van der Waals surface area contributed by atoms with Gasteiger partial charge in [0, 0.05) is 29.6 Å². The number of ether oxygens (including phenoxy) is 1. The van der Waals surface area contributed by atoms with E-state index in [2.05, 4.69) is 30.0 Å². The SMILES string of the molecule is O=C=O.O=C=O.O=C=O.[C-]#[N+]c1ccc(F)c(C)c1C(F)(F)F.[C-]#[N+]c1ccc(N2C(=O)O[C@@H](C)[C@@H]2C)c(C)c1C(F)(F)F.[C-]#[N+]c1ccc(NC[C@H](C)O)c(C)c1C(F)(F)F.[C-]#[N+]c1ccc(N[C@@H](C)[C@H](C)O)c(C)c1C(F)(F)F. The molecule has 1 heterocycles. The van der Waals surface area contributed by atoms with E-state index in [1.165, 1.54) is 50.8 Å². The molecule has 0 unspecified atom stereocenters. The Labute approximate surface area is 453 Å². The highest BCUT2D eigenvalue weighted by Gasteiger charge is 2.42. The van der Waals surface area contributed by atoms with Crippen molar-refractivity contribution in [3.05, 3.63) is 145 Å². The number of aliphatic hydroxyl groups is 2. The number of halogens is 13. The van der Waals surface area contributed by atoms with Crippen molar-refractivity contribution in [1.82, 2.24) is 0 Å². The lowest BCUT2D eigenvalue weighted by Gasteiger charge is -2.24. The molecule has 0 bridgehead atoms. The standard InChI is InChI=1S/C14H13F3N2O2.C13H15F3N2O.C12H13F3N2O.C9H5F4N.3CO2/c1-7-11(19-8(2)9(3)21-13(19)20)6-5-10(18-4)12(7)14(15,16)17;1-7-10(18-8(2)9(3)19)5-6-11(17-4)12(7)13(14,15)16;1-7(18)6-17-9-4-5-10(16-3)11(8(9)2)12(13,14)15;1-5-6(10)3-4-7(14-2)8(5)9(11,12)13;3*2-1-3/h5-6,8-9H,1-3H3;5-6,8-9,18-19H,1-3H3;4-5,7,17-18H,6H2,1-2H3;3-4H,1H3;;;/t2*8-,9-;7-;;;;/m000..../s1. The quantitative estimate of drug-likeness (QED) is 0.100. The zero-order valence-corrected chi connectivity index (χ0v) is 43.5. The van der Waals surface area contributed by atoms with Crippen molar-refractivity contribution in [3.63, 3.8) is 0 Å². The van der Waals surface area contributed by atoms with Crippen LogP contribution in [0.2, 0.25) is 0 Å². The summed E-state index contributed by atoms with van der Waals surface area (Å²) in [6.45, 7) is 40.1. The molecule has 30 heteroatoms. The normalized spacial score (nSPS) is 14.3. The summed E-state index contributed by atoms with van der Waals surface area (Å²) < 4.78 is 172. The van der Waals surface area contributed by atoms with E-state index < -0.39 is 112 Å². The first-order valence-corrected chi connectivity index (χ1v) is 22.1. The number of nitrogens with zero attached hydrogens (tertiary/aromatic N) is 5. The van der Waals surface area contributed by atoms with Gasteiger partial charge < -0.3 is 25.6 Å². The number of rotatable bonds is 7. The summed E-state index contributed by atoms with van der Waals surface area (Å²) in [4.78, 5) is 73.2. The van der Waals surface area contributed by atoms with Crippen molar-refractivity contribution in [2.45, 2.75) is 117 Å². The van der Waals surface area contributed by atoms with Gasteiger partial charge in [-0.25, -0.2) is 28.6 Å². The fourth-order valence-corrected chi connectivity index (χ4v) is 6.80. The second kappa shape index (κ2) is 32.7. The Kier molecular flexibility index (Phi) is 29.8. The Morgan fingerprint density at radius 2 is 0.889 bits per heavy atom. The molecule has 4 aromatic carbocycles. The predicted octanol–water partition coefficient (Wildman–Crippen LogP) is 13.4. The summed E-state index contributed by atoms with van der Waals surface area (Å²) in [5.74, 6) is -0.954. The average molecular weight is 1160 g/mol. The molecule has 0 saturated carbocycles. The van der Waals surface area contributed by atoms with Crippen LogP contribution < -0.4 is 15.5 Å². The fourth-order valence-electron chi connectivity index (χ4n) is 6.80. The van der Waals surface area contributed by atoms with E-state index in [0.717, 1.165) is 37.3 Å². The Bertz CT molecular complexity index is 3050. The van der Waals surface area contributed by atoms with Crippen LogP contribution in [0.15, 0.2) is 48.5 Å². The van der Waals surface area contributed by atoms with Gasteiger partial charge in [0.1, 0.15) is 11.9 Å². The molecule has 81 heavy (non-hydrogen) atoms. The van der Waals surface area contributed by atoms with Gasteiger partial charge in [0.05, 0.1) is 66.8 Å². The number of benzene rings is 4. The molecule has 1 aliphatic rings. The van der Waals surface area contributed by atoms with E-state index >= 15 is 0 Å². The minimum atomic E-state index is -4.69. The van der Waals surface area contributed by atoms with Crippen LogP contribution in [0.4, 0.5) is 102 Å². The van der Waals surface area contributed by atoms with E-state index in [9.17, 15) is 67.0 Å². The Balaban J connectivity index is 0. The number of carbonyl (C=O) groups excluding carboxylic acids is 7. The zero-order valence-electron chi connectivity index (χ0n) is 43.5. The molecular weight excluding hydrogens is 1120 g/mol. The van der Waals surface area contributed by atoms with E-state index in [-0.39, 0.29) is 64.8 Å². The molecule has 436 valence electrons. The second-order valence-electron chi connectivity index (χ2n) is 16.2. The molecule has 5 rings (SSSR count). The predicted molar refractivity (Wildman–Crippen MR) is 258 cm³/mol. The molecule has 1 aliphatic heterocycles. The fraction of sp³-hybridized carbons (Fsp3) is 0.373. The van der Waals surface area contributed by atoms with E-state index in [0.29, 0.717) is 0 Å². The number of cyclic esters (lactones) is 1. The van der Waals surface area contributed by atoms with Crippen LogP contribution in [-0.2, 0) is 58.2 Å². The van der Waals surface area contributed by atoms with E-state index in [1.54, 1.807) is 27.7 Å². The van der Waals surface area contributed by atoms with Gasteiger partial charge >= 0.3 is 49.3 Å². The first-order valence-electron chi connectivity index (χ1n) is 22.1. The molecule has 1 fully saturated rings. The summed E-state index contributed by atoms with van der Waals surface area (Å²) in [6, 6.07) is 8.48. The van der Waals surface area contributed by atoms with Gasteiger partial charge in [0.2, 0.25) is 0 Å². The Morgan fingerprint density at radius 3 is 1.21 bits per heavy atom. The van der Waals surface area contributed by atoms with Gasteiger partial charge in [-0.15, -0.1) is 0 Å². The van der Waals surface area contributed by atoms with Crippen LogP contribution in [0.3, 0.4) is 0 Å². The molecule has 1 amide bonds. The first kappa shape index (κ1) is 73.9. The molecule has 17 nitrogen and oxygen atoms in total. The highest BCUT2D eigenvalue weighted by Crippen LogP contribution is 2.45. The first-order chi connectivity index (χ1) is 37.2. The second-order valence-corrected chi connectivity index (χ2v) is 16.2. The summed E-state index contributed by atoms with van der Waals surface area (Å²) >= 11 is 0. The minimum absolute atomic E-state index is 0.0309. The monoisotopic (exact) mass is 1160 g/mol. The van der Waals surface area contributed by atoms with Crippen molar-refractivity contribution in [3.8, 4) is 0 Å². The lowest BCUT2D eigenvalue weighted by molar-refractivity contribution is -0.193. The van der Waals surface area contributed by atoms with Crippen LogP contribution in [0.5, 0.6) is 0 Å². The maximum atomic E-state index is 13.2. The van der Waals surface area contributed by atoms with Crippen molar-refractivity contribution >= 4 is 64.4 Å². The molecule has 0 spiro atoms. The summed E-state index contributed by atoms with van der Waals surface area (Å²) in [5, 5.41) is 24.0. The van der Waals surface area contributed by atoms with E-state index in [4.69, 9.17) is 64.9 Å². The van der Waals surface area contributed by atoms with Gasteiger partial charge in [-0.2, -0.15) is 81.5 Å². The summed E-state index contributed by atoms with van der Waals surface area (Å²) in [7, 11) is 0. The van der Waals surface area contributed by atoms with Gasteiger partial charge in [-0.05, 0) is 109 Å². The van der Waals surface area contributed by atoms with Crippen LogP contribution >= 0.6 is 0 Å². The van der Waals surface area contributed by atoms with Crippen molar-refractivity contribution in [2.24, 2.45) is 0 Å². The third-order valence-electron chi connectivity index (χ3n) is 10.8. The highest BCUT2D eigenvalue weighted by molar-refractivity contribution is 5.92. The average Bonchev–Trinajstić information content (AvgIpc) is 3.60. The number of anilines is 3. The maximum absolute atomic E-state index is 13.2. The van der Waals surface area contributed by atoms with Gasteiger partial charge in [-0.1, -0.05) is 24.3 Å². The van der Waals surface area contributed by atoms with E-state index in [1.807, 2.05) is 0 Å². The molecule has 0 aliphatic carbocycles.